The number of rotatable bonds is 3. The summed E-state index contributed by atoms with van der Waals surface area (Å²) in [5, 5.41) is 9.93. The standard InChI is InChI=1S/C16H16O2/c17-15-9-13-7-4-8-14(13)10-16(15)18-11-12-5-2-1-3-6-12/h1-3,5-6,9-10,17H,4,7-8,11H2. The van der Waals surface area contributed by atoms with Gasteiger partial charge in [0.1, 0.15) is 6.61 Å². The minimum absolute atomic E-state index is 0.256. The molecule has 0 heterocycles. The number of hydrogen-bond donors (Lipinski definition) is 1. The molecule has 1 aliphatic carbocycles. The summed E-state index contributed by atoms with van der Waals surface area (Å²) in [6.45, 7) is 0.493. The van der Waals surface area contributed by atoms with Gasteiger partial charge in [0.2, 0.25) is 0 Å². The summed E-state index contributed by atoms with van der Waals surface area (Å²) >= 11 is 0. The number of benzene rings is 2. The van der Waals surface area contributed by atoms with E-state index in [1.807, 2.05) is 42.5 Å². The number of aryl methyl sites for hydroxylation is 2. The molecule has 1 N–H and O–H groups in total. The van der Waals surface area contributed by atoms with Crippen molar-refractivity contribution < 1.29 is 9.84 Å². The predicted molar refractivity (Wildman–Crippen MR) is 70.9 cm³/mol. The molecule has 0 saturated heterocycles. The first kappa shape index (κ1) is 11.1. The molecule has 0 saturated carbocycles. The highest BCUT2D eigenvalue weighted by atomic mass is 16.5. The van der Waals surface area contributed by atoms with Crippen molar-refractivity contribution in [2.24, 2.45) is 0 Å². The molecule has 0 bridgehead atoms. The van der Waals surface area contributed by atoms with E-state index in [1.165, 1.54) is 17.5 Å². The van der Waals surface area contributed by atoms with Crippen LogP contribution in [0.4, 0.5) is 0 Å². The Morgan fingerprint density at radius 1 is 1.00 bits per heavy atom. The Labute approximate surface area is 107 Å². The largest absolute Gasteiger partial charge is 0.504 e. The van der Waals surface area contributed by atoms with Gasteiger partial charge >= 0.3 is 0 Å². The van der Waals surface area contributed by atoms with Crippen LogP contribution in [0.5, 0.6) is 11.5 Å². The van der Waals surface area contributed by atoms with Gasteiger partial charge in [0.05, 0.1) is 0 Å². The molecule has 1 aliphatic rings. The van der Waals surface area contributed by atoms with Crippen molar-refractivity contribution >= 4 is 0 Å². The van der Waals surface area contributed by atoms with Crippen LogP contribution in [0.15, 0.2) is 42.5 Å². The lowest BCUT2D eigenvalue weighted by atomic mass is 10.1. The molecule has 0 amide bonds. The van der Waals surface area contributed by atoms with Crippen molar-refractivity contribution in [3.8, 4) is 11.5 Å². The Balaban J connectivity index is 1.77. The van der Waals surface area contributed by atoms with Crippen LogP contribution in [0.1, 0.15) is 23.1 Å². The quantitative estimate of drug-likeness (QED) is 0.890. The van der Waals surface area contributed by atoms with Crippen LogP contribution in [0, 0.1) is 0 Å². The van der Waals surface area contributed by atoms with Crippen LogP contribution in [0.25, 0.3) is 0 Å². The molecule has 0 aromatic heterocycles. The second-order valence-electron chi connectivity index (χ2n) is 4.72. The van der Waals surface area contributed by atoms with Crippen LogP contribution in [0.3, 0.4) is 0 Å². The molecule has 2 aromatic rings. The highest BCUT2D eigenvalue weighted by Crippen LogP contribution is 2.34. The Bertz CT molecular complexity index is 547. The lowest BCUT2D eigenvalue weighted by molar-refractivity contribution is 0.288. The van der Waals surface area contributed by atoms with Gasteiger partial charge in [-0.25, -0.2) is 0 Å². The third-order valence-corrected chi connectivity index (χ3v) is 3.41. The Morgan fingerprint density at radius 2 is 1.72 bits per heavy atom. The Morgan fingerprint density at radius 3 is 2.50 bits per heavy atom. The van der Waals surface area contributed by atoms with Crippen LogP contribution in [-0.2, 0) is 19.4 Å². The summed E-state index contributed by atoms with van der Waals surface area (Å²) in [7, 11) is 0. The number of phenols is 1. The second-order valence-corrected chi connectivity index (χ2v) is 4.72. The van der Waals surface area contributed by atoms with E-state index in [4.69, 9.17) is 4.74 Å². The second kappa shape index (κ2) is 4.73. The first-order valence-corrected chi connectivity index (χ1v) is 6.34. The molecule has 2 heteroatoms. The number of fused-ring (bicyclic) bond motifs is 1. The first-order valence-electron chi connectivity index (χ1n) is 6.34. The van der Waals surface area contributed by atoms with E-state index in [9.17, 15) is 5.11 Å². The highest BCUT2D eigenvalue weighted by Gasteiger charge is 2.15. The average Bonchev–Trinajstić information content (AvgIpc) is 2.84. The van der Waals surface area contributed by atoms with Gasteiger partial charge in [-0.3, -0.25) is 0 Å². The topological polar surface area (TPSA) is 29.5 Å². The third-order valence-electron chi connectivity index (χ3n) is 3.41. The molecule has 0 aliphatic heterocycles. The van der Waals surface area contributed by atoms with Crippen molar-refractivity contribution in [1.82, 2.24) is 0 Å². The molecule has 0 spiro atoms. The normalized spacial score (nSPS) is 13.3. The lowest BCUT2D eigenvalue weighted by Crippen LogP contribution is -1.96. The number of ether oxygens (including phenoxy) is 1. The first-order chi connectivity index (χ1) is 8.83. The van der Waals surface area contributed by atoms with Crippen molar-refractivity contribution in [3.05, 3.63) is 59.2 Å². The molecule has 3 rings (SSSR count). The summed E-state index contributed by atoms with van der Waals surface area (Å²) in [5.74, 6) is 0.853. The van der Waals surface area contributed by atoms with Crippen LogP contribution in [-0.4, -0.2) is 5.11 Å². The summed E-state index contributed by atoms with van der Waals surface area (Å²) < 4.78 is 5.70. The van der Waals surface area contributed by atoms with Crippen molar-refractivity contribution in [2.75, 3.05) is 0 Å². The maximum atomic E-state index is 9.93. The van der Waals surface area contributed by atoms with Gasteiger partial charge in [0.25, 0.3) is 0 Å². The molecule has 92 valence electrons. The predicted octanol–water partition coefficient (Wildman–Crippen LogP) is 3.46. The number of aromatic hydroxyl groups is 1. The molecule has 18 heavy (non-hydrogen) atoms. The SMILES string of the molecule is Oc1cc2c(cc1OCc1ccccc1)CCC2. The summed E-state index contributed by atoms with van der Waals surface area (Å²) in [6.07, 6.45) is 3.34. The van der Waals surface area contributed by atoms with Gasteiger partial charge in [-0.05, 0) is 48.1 Å². The maximum Gasteiger partial charge on any atom is 0.161 e. The van der Waals surface area contributed by atoms with Gasteiger partial charge in [-0.15, -0.1) is 0 Å². The van der Waals surface area contributed by atoms with Gasteiger partial charge in [0.15, 0.2) is 11.5 Å². The molecule has 0 unspecified atom stereocenters. The molecular weight excluding hydrogens is 224 g/mol. The summed E-state index contributed by atoms with van der Waals surface area (Å²) in [5.41, 5.74) is 3.69. The lowest BCUT2D eigenvalue weighted by Gasteiger charge is -2.10. The van der Waals surface area contributed by atoms with Crippen LogP contribution in [0.2, 0.25) is 0 Å². The fourth-order valence-corrected chi connectivity index (χ4v) is 2.44. The molecule has 0 fully saturated rings. The van der Waals surface area contributed by atoms with Gasteiger partial charge in [-0.2, -0.15) is 0 Å². The van der Waals surface area contributed by atoms with Gasteiger partial charge in [0, 0.05) is 0 Å². The zero-order chi connectivity index (χ0) is 12.4. The maximum absolute atomic E-state index is 9.93. The van der Waals surface area contributed by atoms with Crippen molar-refractivity contribution in [2.45, 2.75) is 25.9 Å². The zero-order valence-corrected chi connectivity index (χ0v) is 10.2. The van der Waals surface area contributed by atoms with Crippen LogP contribution >= 0.6 is 0 Å². The minimum Gasteiger partial charge on any atom is -0.504 e. The molecule has 0 radical (unpaired) electrons. The number of phenolic OH excluding ortho intramolecular Hbond substituents is 1. The highest BCUT2D eigenvalue weighted by molar-refractivity contribution is 5.48. The molecule has 2 nitrogen and oxygen atoms in total. The van der Waals surface area contributed by atoms with E-state index in [0.717, 1.165) is 18.4 Å². The van der Waals surface area contributed by atoms with Crippen molar-refractivity contribution in [1.29, 1.82) is 0 Å². The van der Waals surface area contributed by atoms with Crippen molar-refractivity contribution in [3.63, 3.8) is 0 Å². The Hall–Kier alpha value is -1.96. The Kier molecular flexibility index (Phi) is 2.93. The molecule has 0 atom stereocenters. The third kappa shape index (κ3) is 2.19. The summed E-state index contributed by atoms with van der Waals surface area (Å²) in [6, 6.07) is 13.8. The van der Waals surface area contributed by atoms with E-state index in [0.29, 0.717) is 12.4 Å². The van der Waals surface area contributed by atoms with E-state index >= 15 is 0 Å². The fourth-order valence-electron chi connectivity index (χ4n) is 2.44. The number of hydrogen-bond acceptors (Lipinski definition) is 2. The minimum atomic E-state index is 0.256. The zero-order valence-electron chi connectivity index (χ0n) is 10.2. The average molecular weight is 240 g/mol. The van der Waals surface area contributed by atoms with E-state index in [2.05, 4.69) is 0 Å². The van der Waals surface area contributed by atoms with E-state index < -0.39 is 0 Å². The van der Waals surface area contributed by atoms with Crippen LogP contribution < -0.4 is 4.74 Å². The van der Waals surface area contributed by atoms with Gasteiger partial charge < -0.3 is 9.84 Å². The van der Waals surface area contributed by atoms with E-state index in [1.54, 1.807) is 0 Å². The monoisotopic (exact) mass is 240 g/mol. The van der Waals surface area contributed by atoms with Gasteiger partial charge in [-0.1, -0.05) is 30.3 Å². The summed E-state index contributed by atoms with van der Waals surface area (Å²) in [4.78, 5) is 0. The fraction of sp³-hybridized carbons (Fsp3) is 0.250. The molecule has 2 aromatic carbocycles. The van der Waals surface area contributed by atoms with E-state index in [-0.39, 0.29) is 5.75 Å². The smallest absolute Gasteiger partial charge is 0.161 e. The molecular formula is C16H16O2.